The Morgan fingerprint density at radius 1 is 1.00 bits per heavy atom. The van der Waals surface area contributed by atoms with E-state index in [1.807, 2.05) is 28.6 Å². The summed E-state index contributed by atoms with van der Waals surface area (Å²) in [6.07, 6.45) is 0. The molecule has 2 aromatic carbocycles. The van der Waals surface area contributed by atoms with Gasteiger partial charge in [0.25, 0.3) is 0 Å². The van der Waals surface area contributed by atoms with Gasteiger partial charge in [-0.1, -0.05) is 57.2 Å². The molecule has 0 N–H and O–H groups in total. The second kappa shape index (κ2) is 4.74. The third-order valence-electron chi connectivity index (χ3n) is 3.66. The molecule has 0 fully saturated rings. The van der Waals surface area contributed by atoms with Crippen LogP contribution in [-0.4, -0.2) is 4.21 Å². The highest BCUT2D eigenvalue weighted by Crippen LogP contribution is 2.37. The van der Waals surface area contributed by atoms with Gasteiger partial charge >= 0.3 is 0 Å². The molecule has 0 saturated carbocycles. The van der Waals surface area contributed by atoms with Crippen LogP contribution >= 0.6 is 0 Å². The summed E-state index contributed by atoms with van der Waals surface area (Å²) >= 11 is 0. The zero-order valence-electron chi connectivity index (χ0n) is 12.1. The first-order valence-electron chi connectivity index (χ1n) is 6.85. The van der Waals surface area contributed by atoms with Crippen LogP contribution in [0.15, 0.2) is 53.4 Å². The molecule has 0 saturated heterocycles. The summed E-state index contributed by atoms with van der Waals surface area (Å²) in [6.45, 7) is 7.30. The summed E-state index contributed by atoms with van der Waals surface area (Å²) in [5, 5.41) is 0. The maximum absolute atomic E-state index is 12.7. The lowest BCUT2D eigenvalue weighted by Crippen LogP contribution is -2.23. The largest absolute Gasteiger partial charge is 0.283 e. The van der Waals surface area contributed by atoms with E-state index in [0.29, 0.717) is 0 Å². The highest BCUT2D eigenvalue weighted by Gasteiger charge is 2.30. The average Bonchev–Trinajstić information content (AvgIpc) is 2.76. The molecule has 0 spiro atoms. The second-order valence-electron chi connectivity index (χ2n) is 6.16. The van der Waals surface area contributed by atoms with Crippen LogP contribution in [0.5, 0.6) is 0 Å². The Labute approximate surface area is 123 Å². The third-order valence-corrected chi connectivity index (χ3v) is 5.16. The van der Waals surface area contributed by atoms with Gasteiger partial charge in [0.2, 0.25) is 0 Å². The number of rotatable bonds is 1. The first kappa shape index (κ1) is 13.4. The van der Waals surface area contributed by atoms with Gasteiger partial charge in [0.1, 0.15) is 0 Å². The number of hydrogen-bond donors (Lipinski definition) is 0. The Balaban J connectivity index is 2.07. The fourth-order valence-corrected chi connectivity index (χ4v) is 4.02. The minimum absolute atomic E-state index is 0.0373. The van der Waals surface area contributed by atoms with Crippen molar-refractivity contribution in [2.75, 3.05) is 4.31 Å². The molecule has 0 aromatic heterocycles. The fourth-order valence-electron chi connectivity index (χ4n) is 2.64. The highest BCUT2D eigenvalue weighted by molar-refractivity contribution is 7.86. The topological polar surface area (TPSA) is 20.3 Å². The highest BCUT2D eigenvalue weighted by atomic mass is 32.2. The van der Waals surface area contributed by atoms with E-state index in [-0.39, 0.29) is 5.41 Å². The van der Waals surface area contributed by atoms with Crippen LogP contribution in [0.2, 0.25) is 0 Å². The minimum atomic E-state index is -1.10. The number of nitrogens with zero attached hydrogens (tertiary/aromatic N) is 1. The zero-order valence-corrected chi connectivity index (χ0v) is 12.9. The number of benzene rings is 2. The number of fused-ring (bicyclic) bond motifs is 1. The predicted octanol–water partition coefficient (Wildman–Crippen LogP) is 4.03. The first-order chi connectivity index (χ1) is 9.48. The van der Waals surface area contributed by atoms with Gasteiger partial charge < -0.3 is 0 Å². The van der Waals surface area contributed by atoms with Gasteiger partial charge in [0.15, 0.2) is 11.0 Å². The van der Waals surface area contributed by atoms with E-state index in [0.717, 1.165) is 22.7 Å². The van der Waals surface area contributed by atoms with Crippen LogP contribution < -0.4 is 4.31 Å². The van der Waals surface area contributed by atoms with Crippen molar-refractivity contribution in [1.29, 1.82) is 0 Å². The molecule has 1 aliphatic rings. The monoisotopic (exact) mass is 285 g/mol. The maximum atomic E-state index is 12.7. The van der Waals surface area contributed by atoms with E-state index in [1.54, 1.807) is 0 Å². The fraction of sp³-hybridized carbons (Fsp3) is 0.294. The minimum Gasteiger partial charge on any atom is -0.283 e. The molecular weight excluding hydrogens is 266 g/mol. The molecular formula is C17H19NOS. The molecule has 0 aliphatic carbocycles. The molecule has 3 heteroatoms. The molecule has 20 heavy (non-hydrogen) atoms. The van der Waals surface area contributed by atoms with Gasteiger partial charge in [-0.25, -0.2) is 4.21 Å². The van der Waals surface area contributed by atoms with E-state index in [9.17, 15) is 4.21 Å². The Morgan fingerprint density at radius 2 is 1.65 bits per heavy atom. The molecule has 0 bridgehead atoms. The van der Waals surface area contributed by atoms with Crippen molar-refractivity contribution in [3.8, 4) is 0 Å². The maximum Gasteiger partial charge on any atom is 0.153 e. The van der Waals surface area contributed by atoms with E-state index in [4.69, 9.17) is 0 Å². The molecule has 0 radical (unpaired) electrons. The van der Waals surface area contributed by atoms with Crippen molar-refractivity contribution in [3.05, 3.63) is 59.7 Å². The van der Waals surface area contributed by atoms with E-state index < -0.39 is 11.0 Å². The Morgan fingerprint density at radius 3 is 2.35 bits per heavy atom. The van der Waals surface area contributed by atoms with Crippen LogP contribution in [0.3, 0.4) is 0 Å². The van der Waals surface area contributed by atoms with E-state index >= 15 is 0 Å². The SMILES string of the molecule is CC(C)(C)c1ccccc1N1Cc2ccccc2S1=O. The Hall–Kier alpha value is -1.61. The number of para-hydroxylation sites is 1. The summed E-state index contributed by atoms with van der Waals surface area (Å²) in [5.74, 6) is 0. The number of hydrogen-bond acceptors (Lipinski definition) is 1. The van der Waals surface area contributed by atoms with E-state index in [2.05, 4.69) is 45.0 Å². The van der Waals surface area contributed by atoms with Gasteiger partial charge in [-0.15, -0.1) is 0 Å². The predicted molar refractivity (Wildman–Crippen MR) is 84.2 cm³/mol. The van der Waals surface area contributed by atoms with E-state index in [1.165, 1.54) is 5.56 Å². The van der Waals surface area contributed by atoms with Crippen molar-refractivity contribution in [1.82, 2.24) is 0 Å². The Bertz CT molecular complexity index is 673. The molecule has 104 valence electrons. The summed E-state index contributed by atoms with van der Waals surface area (Å²) in [7, 11) is -1.10. The lowest BCUT2D eigenvalue weighted by atomic mass is 9.86. The van der Waals surface area contributed by atoms with Crippen molar-refractivity contribution < 1.29 is 4.21 Å². The number of anilines is 1. The summed E-state index contributed by atoms with van der Waals surface area (Å²) in [4.78, 5) is 0.941. The molecule has 3 rings (SSSR count). The normalized spacial score (nSPS) is 18.1. The van der Waals surface area contributed by atoms with Gasteiger partial charge in [-0.3, -0.25) is 4.31 Å². The standard InChI is InChI=1S/C17H19NOS/c1-17(2,3)14-9-5-6-10-15(14)18-12-13-8-4-7-11-16(13)20(18)19/h4-11H,12H2,1-3H3. The van der Waals surface area contributed by atoms with Crippen LogP contribution in [0.4, 0.5) is 5.69 Å². The molecule has 2 aromatic rings. The van der Waals surface area contributed by atoms with Gasteiger partial charge in [0.05, 0.1) is 17.1 Å². The first-order valence-corrected chi connectivity index (χ1v) is 7.96. The third kappa shape index (κ3) is 2.16. The molecule has 2 nitrogen and oxygen atoms in total. The van der Waals surface area contributed by atoms with Crippen molar-refractivity contribution in [2.45, 2.75) is 37.6 Å². The smallest absolute Gasteiger partial charge is 0.153 e. The van der Waals surface area contributed by atoms with Crippen molar-refractivity contribution >= 4 is 16.7 Å². The average molecular weight is 285 g/mol. The Kier molecular flexibility index (Phi) is 3.17. The summed E-state index contributed by atoms with van der Waals surface area (Å²) in [5.41, 5.74) is 3.51. The van der Waals surface area contributed by atoms with Crippen LogP contribution in [0, 0.1) is 0 Å². The molecule has 1 unspecified atom stereocenters. The summed E-state index contributed by atoms with van der Waals surface area (Å²) < 4.78 is 14.7. The van der Waals surface area contributed by atoms with Gasteiger partial charge in [0, 0.05) is 0 Å². The molecule has 1 atom stereocenters. The lowest BCUT2D eigenvalue weighted by Gasteiger charge is -2.27. The molecule has 1 aliphatic heterocycles. The molecule has 1 heterocycles. The zero-order chi connectivity index (χ0) is 14.3. The van der Waals surface area contributed by atoms with Gasteiger partial charge in [-0.05, 0) is 28.7 Å². The molecule has 0 amide bonds. The van der Waals surface area contributed by atoms with Crippen molar-refractivity contribution in [3.63, 3.8) is 0 Å². The van der Waals surface area contributed by atoms with Crippen LogP contribution in [0.1, 0.15) is 31.9 Å². The summed E-state index contributed by atoms with van der Waals surface area (Å²) in [6, 6.07) is 16.3. The lowest BCUT2D eigenvalue weighted by molar-refractivity contribution is 0.590. The van der Waals surface area contributed by atoms with Crippen LogP contribution in [0.25, 0.3) is 0 Å². The quantitative estimate of drug-likeness (QED) is 0.774. The second-order valence-corrected chi connectivity index (χ2v) is 7.54. The van der Waals surface area contributed by atoms with Gasteiger partial charge in [-0.2, -0.15) is 0 Å². The van der Waals surface area contributed by atoms with Crippen molar-refractivity contribution in [2.24, 2.45) is 0 Å². The van der Waals surface area contributed by atoms with Crippen LogP contribution in [-0.2, 0) is 22.9 Å².